The summed E-state index contributed by atoms with van der Waals surface area (Å²) in [6.45, 7) is 9.28. The molecule has 2 aliphatic carbocycles. The van der Waals surface area contributed by atoms with Crippen molar-refractivity contribution in [1.82, 2.24) is 0 Å². The van der Waals surface area contributed by atoms with E-state index in [4.69, 9.17) is 9.47 Å². The van der Waals surface area contributed by atoms with Crippen LogP contribution in [-0.2, 0) is 14.4 Å². The molecule has 0 aliphatic heterocycles. The van der Waals surface area contributed by atoms with Gasteiger partial charge in [-0.3, -0.25) is 14.4 Å². The molecule has 0 amide bonds. The number of ketones is 2. The van der Waals surface area contributed by atoms with Crippen molar-refractivity contribution in [2.45, 2.75) is 72.6 Å². The van der Waals surface area contributed by atoms with Crippen LogP contribution in [0.2, 0.25) is 0 Å². The van der Waals surface area contributed by atoms with Crippen molar-refractivity contribution < 1.29 is 34.1 Å². The number of aliphatic hydroxyl groups is 2. The fraction of sp³-hybridized carbons (Fsp3) is 0.519. The molecule has 3 rings (SSSR count). The van der Waals surface area contributed by atoms with Gasteiger partial charge in [-0.1, -0.05) is 40.7 Å². The molecule has 7 heteroatoms. The van der Waals surface area contributed by atoms with Gasteiger partial charge in [-0.2, -0.15) is 0 Å². The fourth-order valence-electron chi connectivity index (χ4n) is 4.88. The zero-order valence-electron chi connectivity index (χ0n) is 20.8. The van der Waals surface area contributed by atoms with Crippen molar-refractivity contribution in [3.8, 4) is 11.5 Å². The average Bonchev–Trinajstić information content (AvgIpc) is 2.70. The Hall–Kier alpha value is -3.09. The van der Waals surface area contributed by atoms with Crippen molar-refractivity contribution in [1.29, 1.82) is 0 Å². The molecule has 0 saturated carbocycles. The number of hydrogen-bond donors (Lipinski definition) is 2. The molecule has 2 aliphatic rings. The minimum absolute atomic E-state index is 0.0790. The summed E-state index contributed by atoms with van der Waals surface area (Å²) in [5.74, 6) is -1.63. The molecular weight excluding hydrogens is 436 g/mol. The summed E-state index contributed by atoms with van der Waals surface area (Å²) < 4.78 is 10.8. The summed E-state index contributed by atoms with van der Waals surface area (Å²) in [5.41, 5.74) is -0.110. The molecule has 1 aromatic rings. The summed E-state index contributed by atoms with van der Waals surface area (Å²) in [6.07, 6.45) is 1.16. The van der Waals surface area contributed by atoms with E-state index in [0.717, 1.165) is 0 Å². The zero-order valence-corrected chi connectivity index (χ0v) is 20.8. The van der Waals surface area contributed by atoms with Gasteiger partial charge in [-0.15, -0.1) is 0 Å². The van der Waals surface area contributed by atoms with E-state index in [9.17, 15) is 24.6 Å². The van der Waals surface area contributed by atoms with E-state index in [1.54, 1.807) is 25.1 Å². The standard InChI is InChI=1S/C27H34O7/c1-7-22(32)34-20-9-8-15(10-21(20)33-6)23(24-16(28)11-26(2,3)12-17(24)29)25-18(30)13-27(4,5)14-19(25)31/h8-10,23,28,30H,7,11-14H2,1-6H3. The lowest BCUT2D eigenvalue weighted by molar-refractivity contribution is -0.134. The number of Topliss-reactive ketones (excluding diaryl/α,β-unsaturated/α-hetero) is 2. The van der Waals surface area contributed by atoms with Gasteiger partial charge in [0.15, 0.2) is 23.1 Å². The van der Waals surface area contributed by atoms with Crippen LogP contribution in [-0.4, -0.2) is 34.9 Å². The van der Waals surface area contributed by atoms with Gasteiger partial charge < -0.3 is 19.7 Å². The highest BCUT2D eigenvalue weighted by Crippen LogP contribution is 2.48. The quantitative estimate of drug-likeness (QED) is 0.417. The first-order valence-electron chi connectivity index (χ1n) is 11.6. The van der Waals surface area contributed by atoms with Crippen molar-refractivity contribution >= 4 is 17.5 Å². The minimum Gasteiger partial charge on any atom is -0.512 e. The average molecular weight is 471 g/mol. The van der Waals surface area contributed by atoms with Gasteiger partial charge in [0.05, 0.1) is 7.11 Å². The lowest BCUT2D eigenvalue weighted by Gasteiger charge is -2.36. The van der Waals surface area contributed by atoms with Crippen LogP contribution in [0.25, 0.3) is 0 Å². The molecule has 184 valence electrons. The highest BCUT2D eigenvalue weighted by Gasteiger charge is 2.43. The van der Waals surface area contributed by atoms with Gasteiger partial charge >= 0.3 is 5.97 Å². The minimum atomic E-state index is -0.961. The molecule has 0 fully saturated rings. The topological polar surface area (TPSA) is 110 Å². The number of carbonyl (C=O) groups excluding carboxylic acids is 3. The number of esters is 1. The molecule has 2 N–H and O–H groups in total. The maximum Gasteiger partial charge on any atom is 0.311 e. The Balaban J connectivity index is 2.23. The van der Waals surface area contributed by atoms with Crippen LogP contribution < -0.4 is 9.47 Å². The predicted octanol–water partition coefficient (Wildman–Crippen LogP) is 5.50. The number of carbonyl (C=O) groups is 3. The molecule has 0 heterocycles. The van der Waals surface area contributed by atoms with Gasteiger partial charge in [-0.05, 0) is 28.5 Å². The molecule has 0 unspecified atom stereocenters. The first kappa shape index (κ1) is 25.5. The Morgan fingerprint density at radius 3 is 1.82 bits per heavy atom. The zero-order chi connectivity index (χ0) is 25.4. The second-order valence-corrected chi connectivity index (χ2v) is 10.8. The van der Waals surface area contributed by atoms with E-state index in [1.807, 2.05) is 27.7 Å². The predicted molar refractivity (Wildman–Crippen MR) is 127 cm³/mol. The molecule has 0 spiro atoms. The third-order valence-electron chi connectivity index (χ3n) is 6.40. The molecule has 34 heavy (non-hydrogen) atoms. The molecule has 0 bridgehead atoms. The lowest BCUT2D eigenvalue weighted by atomic mass is 9.67. The number of ether oxygens (including phenoxy) is 2. The lowest BCUT2D eigenvalue weighted by Crippen LogP contribution is -2.33. The van der Waals surface area contributed by atoms with Gasteiger partial charge in [0.2, 0.25) is 0 Å². The SMILES string of the molecule is CCC(=O)Oc1ccc(C(C2=C(O)CC(C)(C)CC2=O)C2=C(O)CC(C)(C)CC2=O)cc1OC. The van der Waals surface area contributed by atoms with Crippen molar-refractivity contribution in [2.75, 3.05) is 7.11 Å². The molecule has 0 radical (unpaired) electrons. The fourth-order valence-corrected chi connectivity index (χ4v) is 4.88. The highest BCUT2D eigenvalue weighted by molar-refractivity contribution is 6.05. The van der Waals surface area contributed by atoms with Crippen LogP contribution in [0.1, 0.15) is 78.2 Å². The Labute approximate surface area is 200 Å². The first-order chi connectivity index (χ1) is 15.8. The second kappa shape index (κ2) is 9.28. The van der Waals surface area contributed by atoms with E-state index in [-0.39, 0.29) is 77.8 Å². The van der Waals surface area contributed by atoms with Crippen molar-refractivity contribution in [3.05, 3.63) is 46.4 Å². The monoisotopic (exact) mass is 470 g/mol. The third-order valence-corrected chi connectivity index (χ3v) is 6.40. The summed E-state index contributed by atoms with van der Waals surface area (Å²) in [5, 5.41) is 22.0. The Morgan fingerprint density at radius 2 is 1.41 bits per heavy atom. The molecular formula is C27H34O7. The number of allylic oxidation sites excluding steroid dienone is 4. The third kappa shape index (κ3) is 5.18. The number of methoxy groups -OCH3 is 1. The molecule has 7 nitrogen and oxygen atoms in total. The molecule has 0 saturated heterocycles. The summed E-state index contributed by atoms with van der Waals surface area (Å²) in [7, 11) is 1.42. The maximum atomic E-state index is 13.3. The largest absolute Gasteiger partial charge is 0.512 e. The Kier molecular flexibility index (Phi) is 6.97. The molecule has 0 atom stereocenters. The summed E-state index contributed by atoms with van der Waals surface area (Å²) in [4.78, 5) is 38.4. The van der Waals surface area contributed by atoms with E-state index >= 15 is 0 Å². The van der Waals surface area contributed by atoms with Crippen LogP contribution in [0, 0.1) is 10.8 Å². The van der Waals surface area contributed by atoms with Crippen LogP contribution in [0.3, 0.4) is 0 Å². The van der Waals surface area contributed by atoms with Crippen LogP contribution in [0.5, 0.6) is 11.5 Å². The van der Waals surface area contributed by atoms with Crippen molar-refractivity contribution in [3.63, 3.8) is 0 Å². The van der Waals surface area contributed by atoms with E-state index < -0.39 is 22.7 Å². The van der Waals surface area contributed by atoms with Crippen molar-refractivity contribution in [2.24, 2.45) is 10.8 Å². The number of rotatable bonds is 6. The Morgan fingerprint density at radius 1 is 0.912 bits per heavy atom. The highest BCUT2D eigenvalue weighted by atomic mass is 16.6. The van der Waals surface area contributed by atoms with Gasteiger partial charge in [-0.25, -0.2) is 0 Å². The normalized spacial score (nSPS) is 20.1. The summed E-state index contributed by atoms with van der Waals surface area (Å²) >= 11 is 0. The second-order valence-electron chi connectivity index (χ2n) is 10.8. The summed E-state index contributed by atoms with van der Waals surface area (Å²) in [6, 6.07) is 4.76. The molecule has 0 aromatic heterocycles. The van der Waals surface area contributed by atoms with Crippen LogP contribution >= 0.6 is 0 Å². The van der Waals surface area contributed by atoms with Crippen LogP contribution in [0.4, 0.5) is 0 Å². The smallest absolute Gasteiger partial charge is 0.311 e. The Bertz CT molecular complexity index is 1040. The van der Waals surface area contributed by atoms with E-state index in [0.29, 0.717) is 5.56 Å². The van der Waals surface area contributed by atoms with Gasteiger partial charge in [0.1, 0.15) is 11.5 Å². The maximum absolute atomic E-state index is 13.3. The number of aliphatic hydroxyl groups excluding tert-OH is 2. The van der Waals surface area contributed by atoms with Gasteiger partial charge in [0.25, 0.3) is 0 Å². The first-order valence-corrected chi connectivity index (χ1v) is 11.6. The molecule has 1 aromatic carbocycles. The van der Waals surface area contributed by atoms with Gasteiger partial charge in [0, 0.05) is 49.2 Å². The van der Waals surface area contributed by atoms with E-state index in [2.05, 4.69) is 0 Å². The number of benzene rings is 1. The number of hydrogen-bond acceptors (Lipinski definition) is 7. The van der Waals surface area contributed by atoms with E-state index in [1.165, 1.54) is 7.11 Å². The van der Waals surface area contributed by atoms with Crippen LogP contribution in [0.15, 0.2) is 40.9 Å².